The highest BCUT2D eigenvalue weighted by atomic mass is 16.6. The van der Waals surface area contributed by atoms with Crippen LogP contribution in [0.4, 0.5) is 4.79 Å². The van der Waals surface area contributed by atoms with Crippen molar-refractivity contribution in [3.05, 3.63) is 0 Å². The topological polar surface area (TPSA) is 111 Å². The molecule has 1 rings (SSSR count). The largest absolute Gasteiger partial charge is 0.469 e. The number of nitrogens with one attached hydrogen (secondary N) is 1. The van der Waals surface area contributed by atoms with Gasteiger partial charge in [-0.2, -0.15) is 0 Å². The fourth-order valence-electron chi connectivity index (χ4n) is 3.72. The van der Waals surface area contributed by atoms with E-state index in [1.54, 1.807) is 20.8 Å². The number of hydrogen-bond donors (Lipinski definition) is 3. The zero-order chi connectivity index (χ0) is 19.4. The van der Waals surface area contributed by atoms with E-state index < -0.39 is 41.6 Å². The summed E-state index contributed by atoms with van der Waals surface area (Å²) in [6, 6.07) is -0.774. The molecule has 7 nitrogen and oxygen atoms in total. The Morgan fingerprint density at radius 1 is 1.28 bits per heavy atom. The van der Waals surface area contributed by atoms with Crippen molar-refractivity contribution in [3.63, 3.8) is 0 Å². The fraction of sp³-hybridized carbons (Fsp3) is 0.889. The van der Waals surface area contributed by atoms with Gasteiger partial charge in [0.2, 0.25) is 0 Å². The molecule has 0 aliphatic heterocycles. The molecule has 0 aromatic rings. The standard InChI is InChI=1S/C18H34N2O5/c1-7-10(8-2)14(19)13-12(20-17(23)25-18(3,4)5)9-11(15(13)21)16(22)24-6/h10-15,21H,7-9,19H2,1-6H3,(H,20,23)/t11-,12+,13-,14+,15-/m1/s1. The number of aliphatic hydroxyl groups is 1. The van der Waals surface area contributed by atoms with E-state index in [1.807, 2.05) is 13.8 Å². The SMILES string of the molecule is CCC(CC)[C@H](N)[C@@H]1[C@H](O)[C@H](C(=O)OC)C[C@@H]1NC(=O)OC(C)(C)C. The van der Waals surface area contributed by atoms with Gasteiger partial charge in [0.05, 0.1) is 19.1 Å². The zero-order valence-electron chi connectivity index (χ0n) is 16.2. The minimum atomic E-state index is -0.956. The first-order valence-electron chi connectivity index (χ1n) is 9.06. The molecule has 0 aromatic heterocycles. The Kier molecular flexibility index (Phi) is 7.68. The number of nitrogens with two attached hydrogens (primary N) is 1. The van der Waals surface area contributed by atoms with Gasteiger partial charge in [-0.1, -0.05) is 26.7 Å². The van der Waals surface area contributed by atoms with Gasteiger partial charge in [-0.15, -0.1) is 0 Å². The van der Waals surface area contributed by atoms with Gasteiger partial charge in [0, 0.05) is 18.0 Å². The number of rotatable bonds is 6. The summed E-state index contributed by atoms with van der Waals surface area (Å²) in [6.07, 6.45) is 0.484. The van der Waals surface area contributed by atoms with Crippen molar-refractivity contribution in [1.29, 1.82) is 0 Å². The Bertz CT molecular complexity index is 459. The number of amides is 1. The normalized spacial score (nSPS) is 27.9. The highest BCUT2D eigenvalue weighted by Crippen LogP contribution is 2.37. The predicted molar refractivity (Wildman–Crippen MR) is 94.8 cm³/mol. The van der Waals surface area contributed by atoms with E-state index >= 15 is 0 Å². The third-order valence-corrected chi connectivity index (χ3v) is 5.02. The lowest BCUT2D eigenvalue weighted by Gasteiger charge is -2.33. The lowest BCUT2D eigenvalue weighted by atomic mass is 9.81. The van der Waals surface area contributed by atoms with E-state index in [-0.39, 0.29) is 18.4 Å². The van der Waals surface area contributed by atoms with Gasteiger partial charge in [-0.25, -0.2) is 4.79 Å². The van der Waals surface area contributed by atoms with Crippen LogP contribution in [-0.4, -0.2) is 48.1 Å². The van der Waals surface area contributed by atoms with E-state index in [0.29, 0.717) is 0 Å². The molecular weight excluding hydrogens is 324 g/mol. The molecule has 1 fully saturated rings. The Hall–Kier alpha value is -1.34. The molecule has 0 unspecified atom stereocenters. The number of esters is 1. The van der Waals surface area contributed by atoms with Crippen LogP contribution in [-0.2, 0) is 14.3 Å². The van der Waals surface area contributed by atoms with Gasteiger partial charge in [0.25, 0.3) is 0 Å². The summed E-state index contributed by atoms with van der Waals surface area (Å²) in [5.41, 5.74) is 5.80. The number of alkyl carbamates (subject to hydrolysis) is 1. The third kappa shape index (κ3) is 5.57. The van der Waals surface area contributed by atoms with Gasteiger partial charge in [-0.3, -0.25) is 4.79 Å². The number of aliphatic hydroxyl groups excluding tert-OH is 1. The number of methoxy groups -OCH3 is 1. The molecule has 0 bridgehead atoms. The number of carbonyl (C=O) groups excluding carboxylic acids is 2. The lowest BCUT2D eigenvalue weighted by Crippen LogP contribution is -2.51. The van der Waals surface area contributed by atoms with Gasteiger partial charge in [0.15, 0.2) is 0 Å². The monoisotopic (exact) mass is 358 g/mol. The van der Waals surface area contributed by atoms with Crippen molar-refractivity contribution in [1.82, 2.24) is 5.32 Å². The van der Waals surface area contributed by atoms with Crippen molar-refractivity contribution >= 4 is 12.1 Å². The van der Waals surface area contributed by atoms with Crippen molar-refractivity contribution in [3.8, 4) is 0 Å². The smallest absolute Gasteiger partial charge is 0.407 e. The van der Waals surface area contributed by atoms with Gasteiger partial charge in [-0.05, 0) is 33.1 Å². The number of carbonyl (C=O) groups is 2. The summed E-state index contributed by atoms with van der Waals surface area (Å²) in [6.45, 7) is 9.43. The van der Waals surface area contributed by atoms with Crippen LogP contribution >= 0.6 is 0 Å². The first kappa shape index (κ1) is 21.7. The van der Waals surface area contributed by atoms with Gasteiger partial charge >= 0.3 is 12.1 Å². The lowest BCUT2D eigenvalue weighted by molar-refractivity contribution is -0.149. The maximum absolute atomic E-state index is 12.2. The zero-order valence-corrected chi connectivity index (χ0v) is 16.2. The molecule has 146 valence electrons. The summed E-state index contributed by atoms with van der Waals surface area (Å²) >= 11 is 0. The van der Waals surface area contributed by atoms with Crippen LogP contribution in [0.15, 0.2) is 0 Å². The predicted octanol–water partition coefficient (Wildman–Crippen LogP) is 1.81. The molecule has 0 saturated heterocycles. The molecule has 1 saturated carbocycles. The Morgan fingerprint density at radius 2 is 1.84 bits per heavy atom. The van der Waals surface area contributed by atoms with Gasteiger partial charge < -0.3 is 25.6 Å². The maximum atomic E-state index is 12.2. The molecule has 0 spiro atoms. The van der Waals surface area contributed by atoms with Crippen LogP contribution in [0.3, 0.4) is 0 Å². The first-order valence-corrected chi connectivity index (χ1v) is 9.06. The first-order chi connectivity index (χ1) is 11.6. The average molecular weight is 358 g/mol. The van der Waals surface area contributed by atoms with Gasteiger partial charge in [0.1, 0.15) is 5.60 Å². The molecule has 5 atom stereocenters. The third-order valence-electron chi connectivity index (χ3n) is 5.02. The summed E-state index contributed by atoms with van der Waals surface area (Å²) in [5.74, 6) is -1.42. The highest BCUT2D eigenvalue weighted by Gasteiger charge is 2.50. The van der Waals surface area contributed by atoms with Crippen LogP contribution in [0.2, 0.25) is 0 Å². The summed E-state index contributed by atoms with van der Waals surface area (Å²) in [4.78, 5) is 24.2. The summed E-state index contributed by atoms with van der Waals surface area (Å²) in [5, 5.41) is 13.5. The van der Waals surface area contributed by atoms with E-state index in [9.17, 15) is 14.7 Å². The summed E-state index contributed by atoms with van der Waals surface area (Å²) in [7, 11) is 1.29. The molecule has 25 heavy (non-hydrogen) atoms. The number of hydrogen-bond acceptors (Lipinski definition) is 6. The van der Waals surface area contributed by atoms with Crippen LogP contribution in [0, 0.1) is 17.8 Å². The molecular formula is C18H34N2O5. The van der Waals surface area contributed by atoms with Crippen molar-refractivity contribution in [2.45, 2.75) is 77.7 Å². The average Bonchev–Trinajstić information content (AvgIpc) is 2.81. The minimum absolute atomic E-state index is 0.194. The quantitative estimate of drug-likeness (QED) is 0.625. The van der Waals surface area contributed by atoms with Crippen LogP contribution < -0.4 is 11.1 Å². The fourth-order valence-corrected chi connectivity index (χ4v) is 3.72. The molecule has 7 heteroatoms. The molecule has 4 N–H and O–H groups in total. The van der Waals surface area contributed by atoms with E-state index in [1.165, 1.54) is 7.11 Å². The second kappa shape index (κ2) is 8.85. The van der Waals surface area contributed by atoms with Crippen molar-refractivity contribution in [2.24, 2.45) is 23.5 Å². The van der Waals surface area contributed by atoms with Crippen LogP contribution in [0.25, 0.3) is 0 Å². The second-order valence-electron chi connectivity index (χ2n) is 7.84. The maximum Gasteiger partial charge on any atom is 0.407 e. The van der Waals surface area contributed by atoms with Crippen molar-refractivity contribution in [2.75, 3.05) is 7.11 Å². The molecule has 0 radical (unpaired) electrons. The second-order valence-corrected chi connectivity index (χ2v) is 7.84. The minimum Gasteiger partial charge on any atom is -0.469 e. The molecule has 1 aliphatic rings. The van der Waals surface area contributed by atoms with E-state index in [2.05, 4.69) is 5.32 Å². The number of ether oxygens (including phenoxy) is 2. The Morgan fingerprint density at radius 3 is 2.28 bits per heavy atom. The summed E-state index contributed by atoms with van der Waals surface area (Å²) < 4.78 is 10.1. The molecule has 0 aromatic carbocycles. The Balaban J connectivity index is 3.00. The Labute approximate surface area is 150 Å². The van der Waals surface area contributed by atoms with Crippen LogP contribution in [0.1, 0.15) is 53.9 Å². The van der Waals surface area contributed by atoms with E-state index in [4.69, 9.17) is 15.2 Å². The van der Waals surface area contributed by atoms with E-state index in [0.717, 1.165) is 12.8 Å². The molecule has 0 heterocycles. The van der Waals surface area contributed by atoms with Crippen molar-refractivity contribution < 1.29 is 24.2 Å². The highest BCUT2D eigenvalue weighted by molar-refractivity contribution is 5.74. The van der Waals surface area contributed by atoms with Crippen LogP contribution in [0.5, 0.6) is 0 Å². The molecule has 1 aliphatic carbocycles. The molecule has 1 amide bonds.